The second kappa shape index (κ2) is 24.6. The Morgan fingerprint density at radius 3 is 1.50 bits per heavy atom. The highest BCUT2D eigenvalue weighted by atomic mass is 19.4. The zero-order valence-electron chi connectivity index (χ0n) is 34.4. The Morgan fingerprint density at radius 2 is 1.20 bits per heavy atom. The number of nitrogens with zero attached hydrogens (tertiary/aromatic N) is 8. The van der Waals surface area contributed by atoms with E-state index in [2.05, 4.69) is 47.3 Å². The Labute approximate surface area is 348 Å². The van der Waals surface area contributed by atoms with Gasteiger partial charge in [-0.05, 0) is 86.8 Å². The highest BCUT2D eigenvalue weighted by molar-refractivity contribution is 5.82. The summed E-state index contributed by atoms with van der Waals surface area (Å²) in [6, 6.07) is 7.81. The minimum Gasteiger partial charge on any atom is -0.469 e. The summed E-state index contributed by atoms with van der Waals surface area (Å²) in [5.74, 6) is 2.76. The maximum Gasteiger partial charge on any atom is 0.446 e. The molecule has 0 atom stereocenters. The van der Waals surface area contributed by atoms with E-state index in [1.807, 2.05) is 45.5 Å². The second-order valence-electron chi connectivity index (χ2n) is 13.1. The zero-order chi connectivity index (χ0) is 43.3. The molecule has 2 aliphatic rings. The molecular formula is C43H53F3N8O6. The number of hydrogen-bond acceptors (Lipinski definition) is 12. The third kappa shape index (κ3) is 14.8. The standard InChI is InChI=1S/2C17H18N4O.C4H6O3.C2HF3O.C2H6.CH4/c2*1-2-5-13(6-3-1)15-11-18-16(21-12-19-20-17(15)21)9-8-14-7-4-10-22-14;1-3(5)7-4(2)6;3-2(4,5)1-6;1-2;/h2*4-5,7,10-12H,1-3,6,8-9H2;1-2H3;1H;1-2H3;1H4/i;;;;1D;. The highest BCUT2D eigenvalue weighted by Crippen LogP contribution is 2.30. The third-order valence-electron chi connectivity index (χ3n) is 8.86. The molecule has 8 rings (SSSR count). The van der Waals surface area contributed by atoms with E-state index < -0.39 is 24.4 Å². The third-order valence-corrected chi connectivity index (χ3v) is 8.86. The molecule has 0 aliphatic heterocycles. The number of fused-ring (bicyclic) bond motifs is 2. The average Bonchev–Trinajstić information content (AvgIpc) is 4.09. The molecule has 0 amide bonds. The molecule has 322 valence electrons. The van der Waals surface area contributed by atoms with Crippen LogP contribution < -0.4 is 0 Å². The van der Waals surface area contributed by atoms with Crippen LogP contribution in [0.25, 0.3) is 22.4 Å². The number of hydrogen-bond donors (Lipinski definition) is 0. The molecule has 0 spiro atoms. The van der Waals surface area contributed by atoms with Crippen molar-refractivity contribution in [2.45, 2.75) is 118 Å². The summed E-state index contributed by atoms with van der Waals surface area (Å²) in [7, 11) is 0. The number of aldehydes is 1. The van der Waals surface area contributed by atoms with E-state index >= 15 is 0 Å². The summed E-state index contributed by atoms with van der Waals surface area (Å²) in [6.45, 7) is 4.66. The van der Waals surface area contributed by atoms with Gasteiger partial charge < -0.3 is 13.6 Å². The molecule has 0 saturated heterocycles. The van der Waals surface area contributed by atoms with Crippen molar-refractivity contribution in [3.05, 3.63) is 108 Å². The van der Waals surface area contributed by atoms with Gasteiger partial charge in [0.2, 0.25) is 6.29 Å². The van der Waals surface area contributed by atoms with Crippen molar-refractivity contribution in [2.24, 2.45) is 0 Å². The van der Waals surface area contributed by atoms with Crippen molar-refractivity contribution in [1.82, 2.24) is 39.2 Å². The summed E-state index contributed by atoms with van der Waals surface area (Å²) in [4.78, 5) is 37.6. The van der Waals surface area contributed by atoms with Crippen LogP contribution in [0.1, 0.15) is 122 Å². The molecular weight excluding hydrogens is 782 g/mol. The summed E-state index contributed by atoms with van der Waals surface area (Å²) < 4.78 is 56.2. The van der Waals surface area contributed by atoms with E-state index in [4.69, 9.17) is 15.0 Å². The molecule has 0 fully saturated rings. The van der Waals surface area contributed by atoms with Crippen LogP contribution in [-0.4, -0.2) is 63.6 Å². The quantitative estimate of drug-likeness (QED) is 0.0809. The lowest BCUT2D eigenvalue weighted by Crippen LogP contribution is -2.07. The topological polar surface area (TPSA) is 173 Å². The smallest absolute Gasteiger partial charge is 0.446 e. The summed E-state index contributed by atoms with van der Waals surface area (Å²) in [6.07, 6.45) is 22.6. The van der Waals surface area contributed by atoms with Crippen molar-refractivity contribution in [3.8, 4) is 0 Å². The normalized spacial score (nSPS) is 13.5. The van der Waals surface area contributed by atoms with E-state index in [1.165, 1.54) is 50.7 Å². The first kappa shape index (κ1) is 46.4. The second-order valence-corrected chi connectivity index (χ2v) is 13.1. The lowest BCUT2D eigenvalue weighted by molar-refractivity contribution is -0.156. The zero-order valence-corrected chi connectivity index (χ0v) is 33.4. The first-order chi connectivity index (χ1) is 28.9. The molecule has 0 bridgehead atoms. The largest absolute Gasteiger partial charge is 0.469 e. The van der Waals surface area contributed by atoms with Crippen molar-refractivity contribution in [2.75, 3.05) is 0 Å². The molecule has 2 aliphatic carbocycles. The van der Waals surface area contributed by atoms with Crippen LogP contribution in [0.3, 0.4) is 0 Å². The lowest BCUT2D eigenvalue weighted by atomic mass is 9.95. The SMILES string of the molecule is C.C1=C(c2cnc(CCc3ccco3)n3cnnc23)CCCC1.C1=C(c2cnc(CCc3ccco3)n3cnnc23)CCCC1.CC(=O)OC(C)=O.O=CC(F)(F)F.[2H]CC. The fraction of sp³-hybridized carbons (Fsp3) is 0.419. The first-order valence-corrected chi connectivity index (χ1v) is 19.2. The van der Waals surface area contributed by atoms with Gasteiger partial charge in [0, 0.05) is 64.4 Å². The van der Waals surface area contributed by atoms with Gasteiger partial charge in [0.05, 0.1) is 12.5 Å². The van der Waals surface area contributed by atoms with Gasteiger partial charge in [0.15, 0.2) is 11.3 Å². The number of aryl methyl sites for hydroxylation is 4. The highest BCUT2D eigenvalue weighted by Gasteiger charge is 2.25. The molecule has 6 aromatic heterocycles. The molecule has 0 N–H and O–H groups in total. The molecule has 0 radical (unpaired) electrons. The van der Waals surface area contributed by atoms with Gasteiger partial charge in [-0.3, -0.25) is 23.2 Å². The average molecular weight is 836 g/mol. The molecule has 0 saturated carbocycles. The minimum absolute atomic E-state index is 0. The van der Waals surface area contributed by atoms with Gasteiger partial charge in [-0.1, -0.05) is 33.4 Å². The predicted molar refractivity (Wildman–Crippen MR) is 219 cm³/mol. The molecule has 0 unspecified atom stereocenters. The Balaban J connectivity index is 0.000000239. The van der Waals surface area contributed by atoms with E-state index in [0.717, 1.165) is 97.0 Å². The fourth-order valence-corrected chi connectivity index (χ4v) is 6.30. The Morgan fingerprint density at radius 1 is 0.783 bits per heavy atom. The maximum atomic E-state index is 10.4. The molecule has 6 heterocycles. The molecule has 60 heavy (non-hydrogen) atoms. The van der Waals surface area contributed by atoms with Crippen molar-refractivity contribution >= 4 is 40.7 Å². The van der Waals surface area contributed by atoms with Crippen LogP contribution in [0.5, 0.6) is 0 Å². The van der Waals surface area contributed by atoms with Crippen LogP contribution in [0.4, 0.5) is 13.2 Å². The molecule has 17 heteroatoms. The Hall–Kier alpha value is -6.26. The van der Waals surface area contributed by atoms with E-state index in [0.29, 0.717) is 6.90 Å². The molecule has 0 aromatic carbocycles. The van der Waals surface area contributed by atoms with Crippen LogP contribution >= 0.6 is 0 Å². The van der Waals surface area contributed by atoms with Gasteiger partial charge in [-0.25, -0.2) is 9.97 Å². The first-order valence-electron chi connectivity index (χ1n) is 19.9. The number of aromatic nitrogens is 8. The van der Waals surface area contributed by atoms with Crippen LogP contribution in [0, 0.1) is 0 Å². The molecule has 6 aromatic rings. The monoisotopic (exact) mass is 835 g/mol. The van der Waals surface area contributed by atoms with Gasteiger partial charge in [0.25, 0.3) is 0 Å². The number of furan rings is 2. The van der Waals surface area contributed by atoms with Crippen LogP contribution in [0.2, 0.25) is 0 Å². The number of ether oxygens (including phenoxy) is 1. The predicted octanol–water partition coefficient (Wildman–Crippen LogP) is 9.43. The van der Waals surface area contributed by atoms with Crippen molar-refractivity contribution in [1.29, 1.82) is 0 Å². The summed E-state index contributed by atoms with van der Waals surface area (Å²) in [5.41, 5.74) is 6.79. The number of alkyl halides is 3. The summed E-state index contributed by atoms with van der Waals surface area (Å²) in [5, 5.41) is 16.8. The van der Waals surface area contributed by atoms with Crippen LogP contribution in [0.15, 0.2) is 82.8 Å². The molecule has 14 nitrogen and oxygen atoms in total. The number of rotatable bonds is 8. The number of carbonyl (C=O) groups excluding carboxylic acids is 3. The van der Waals surface area contributed by atoms with E-state index in [9.17, 15) is 22.8 Å². The Bertz CT molecular complexity index is 2150. The van der Waals surface area contributed by atoms with Crippen molar-refractivity contribution in [3.63, 3.8) is 0 Å². The summed E-state index contributed by atoms with van der Waals surface area (Å²) >= 11 is 0. The fourth-order valence-electron chi connectivity index (χ4n) is 6.30. The maximum absolute atomic E-state index is 10.4. The van der Waals surface area contributed by atoms with Crippen LogP contribution in [-0.2, 0) is 44.8 Å². The Kier molecular flexibility index (Phi) is 19.0. The van der Waals surface area contributed by atoms with E-state index in [-0.39, 0.29) is 7.43 Å². The minimum atomic E-state index is -4.64. The van der Waals surface area contributed by atoms with Gasteiger partial charge in [-0.2, -0.15) is 13.2 Å². The van der Waals surface area contributed by atoms with Gasteiger partial charge >= 0.3 is 18.1 Å². The van der Waals surface area contributed by atoms with E-state index in [1.54, 1.807) is 32.1 Å². The number of allylic oxidation sites excluding steroid dienone is 4. The number of halogens is 3. The van der Waals surface area contributed by atoms with Gasteiger partial charge in [-0.15, -0.1) is 20.4 Å². The number of esters is 2. The van der Waals surface area contributed by atoms with Gasteiger partial charge in [0.1, 0.15) is 35.8 Å². The number of carbonyl (C=O) groups is 3. The lowest BCUT2D eigenvalue weighted by Gasteiger charge is -2.14. The van der Waals surface area contributed by atoms with Crippen molar-refractivity contribution < 1.29 is 42.5 Å².